The molecule has 0 aliphatic carbocycles. The molecule has 0 fully saturated rings. The molecule has 0 aliphatic rings. The number of pyridine rings is 1. The maximum atomic E-state index is 12.3. The van der Waals surface area contributed by atoms with Crippen LogP contribution >= 0.6 is 0 Å². The smallest absolute Gasteiger partial charge is 0.251 e. The van der Waals surface area contributed by atoms with Crippen molar-refractivity contribution in [1.82, 2.24) is 10.3 Å². The maximum Gasteiger partial charge on any atom is 0.251 e. The average molecular weight is 392 g/mol. The van der Waals surface area contributed by atoms with Crippen molar-refractivity contribution in [3.63, 3.8) is 0 Å². The van der Waals surface area contributed by atoms with Crippen LogP contribution in [0.5, 0.6) is 23.1 Å². The molecule has 1 heterocycles. The normalized spacial score (nSPS) is 10.3. The lowest BCUT2D eigenvalue weighted by atomic mass is 10.2. The number of hydrogen-bond donors (Lipinski definition) is 1. The third kappa shape index (κ3) is 5.97. The molecule has 29 heavy (non-hydrogen) atoms. The molecule has 0 saturated carbocycles. The van der Waals surface area contributed by atoms with Crippen molar-refractivity contribution in [3.8, 4) is 23.1 Å². The van der Waals surface area contributed by atoms with Crippen LogP contribution in [0, 0.1) is 0 Å². The van der Waals surface area contributed by atoms with Crippen LogP contribution in [0.15, 0.2) is 66.9 Å². The zero-order chi connectivity index (χ0) is 20.5. The Balaban J connectivity index is 1.57. The molecule has 0 saturated heterocycles. The predicted octanol–water partition coefficient (Wildman–Crippen LogP) is 4.60. The first-order valence-corrected chi connectivity index (χ1v) is 9.54. The van der Waals surface area contributed by atoms with Crippen LogP contribution in [-0.2, 0) is 6.54 Å². The van der Waals surface area contributed by atoms with Crippen LogP contribution in [0.3, 0.4) is 0 Å². The van der Waals surface area contributed by atoms with Gasteiger partial charge in [0.15, 0.2) is 0 Å². The summed E-state index contributed by atoms with van der Waals surface area (Å²) in [6, 6.07) is 18.0. The minimum absolute atomic E-state index is 0.154. The molecule has 3 rings (SSSR count). The van der Waals surface area contributed by atoms with E-state index in [1.807, 2.05) is 44.2 Å². The molecule has 1 N–H and O–H groups in total. The highest BCUT2D eigenvalue weighted by Crippen LogP contribution is 2.23. The summed E-state index contributed by atoms with van der Waals surface area (Å²) in [5.74, 6) is 2.50. The number of nitrogens with zero attached hydrogens (tertiary/aromatic N) is 1. The summed E-state index contributed by atoms with van der Waals surface area (Å²) in [5.41, 5.74) is 1.47. The first kappa shape index (κ1) is 20.2. The van der Waals surface area contributed by atoms with Gasteiger partial charge in [-0.15, -0.1) is 0 Å². The van der Waals surface area contributed by atoms with Crippen LogP contribution < -0.4 is 19.5 Å². The molecular formula is C23H24N2O4. The van der Waals surface area contributed by atoms with E-state index >= 15 is 0 Å². The van der Waals surface area contributed by atoms with Crippen molar-refractivity contribution in [1.29, 1.82) is 0 Å². The number of hydrogen-bond acceptors (Lipinski definition) is 5. The van der Waals surface area contributed by atoms with E-state index in [2.05, 4.69) is 10.3 Å². The van der Waals surface area contributed by atoms with Gasteiger partial charge in [0.05, 0.1) is 13.2 Å². The maximum absolute atomic E-state index is 12.3. The van der Waals surface area contributed by atoms with Gasteiger partial charge in [0, 0.05) is 24.4 Å². The largest absolute Gasteiger partial charge is 0.494 e. The number of ether oxygens (including phenoxy) is 3. The van der Waals surface area contributed by atoms with E-state index in [1.165, 1.54) is 0 Å². The Morgan fingerprint density at radius 3 is 2.07 bits per heavy atom. The van der Waals surface area contributed by atoms with E-state index in [0.29, 0.717) is 37.0 Å². The number of nitrogens with one attached hydrogen (secondary N) is 1. The summed E-state index contributed by atoms with van der Waals surface area (Å²) in [7, 11) is 0. The third-order valence-electron chi connectivity index (χ3n) is 4.04. The van der Waals surface area contributed by atoms with Crippen molar-refractivity contribution in [3.05, 3.63) is 78.0 Å². The first-order chi connectivity index (χ1) is 14.2. The van der Waals surface area contributed by atoms with Gasteiger partial charge in [0.2, 0.25) is 5.88 Å². The molecular weight excluding hydrogens is 368 g/mol. The van der Waals surface area contributed by atoms with E-state index in [4.69, 9.17) is 14.2 Å². The summed E-state index contributed by atoms with van der Waals surface area (Å²) in [6.45, 7) is 5.44. The Bertz CT molecular complexity index is 924. The fraction of sp³-hybridized carbons (Fsp3) is 0.217. The minimum atomic E-state index is -0.154. The van der Waals surface area contributed by atoms with Gasteiger partial charge in [-0.2, -0.15) is 0 Å². The Morgan fingerprint density at radius 2 is 1.45 bits per heavy atom. The Kier molecular flexibility index (Phi) is 7.05. The van der Waals surface area contributed by atoms with Gasteiger partial charge >= 0.3 is 0 Å². The molecule has 1 aromatic heterocycles. The quantitative estimate of drug-likeness (QED) is 0.576. The molecule has 0 atom stereocenters. The van der Waals surface area contributed by atoms with E-state index in [0.717, 1.165) is 17.1 Å². The lowest BCUT2D eigenvalue weighted by molar-refractivity contribution is 0.0951. The summed E-state index contributed by atoms with van der Waals surface area (Å²) >= 11 is 0. The van der Waals surface area contributed by atoms with Crippen LogP contribution in [0.25, 0.3) is 0 Å². The molecule has 150 valence electrons. The molecule has 2 aromatic carbocycles. The lowest BCUT2D eigenvalue weighted by Gasteiger charge is -2.09. The highest BCUT2D eigenvalue weighted by atomic mass is 16.5. The second-order valence-corrected chi connectivity index (χ2v) is 6.15. The van der Waals surface area contributed by atoms with Crippen LogP contribution in [0.4, 0.5) is 0 Å². The zero-order valence-electron chi connectivity index (χ0n) is 16.6. The number of aromatic nitrogens is 1. The van der Waals surface area contributed by atoms with Gasteiger partial charge in [-0.05, 0) is 74.0 Å². The SMILES string of the molecule is CCOc1ccc(Oc2cc(CNC(=O)c3ccc(OCC)cc3)ccn2)cc1. The van der Waals surface area contributed by atoms with Crippen LogP contribution in [-0.4, -0.2) is 24.1 Å². The van der Waals surface area contributed by atoms with Gasteiger partial charge in [-0.1, -0.05) is 0 Å². The molecule has 1 amide bonds. The monoisotopic (exact) mass is 392 g/mol. The van der Waals surface area contributed by atoms with Gasteiger partial charge < -0.3 is 19.5 Å². The molecule has 0 aliphatic heterocycles. The number of benzene rings is 2. The first-order valence-electron chi connectivity index (χ1n) is 9.54. The van der Waals surface area contributed by atoms with Gasteiger partial charge in [0.1, 0.15) is 17.2 Å². The topological polar surface area (TPSA) is 69.7 Å². The highest BCUT2D eigenvalue weighted by molar-refractivity contribution is 5.94. The molecule has 6 nitrogen and oxygen atoms in total. The molecule has 0 spiro atoms. The molecule has 0 bridgehead atoms. The predicted molar refractivity (Wildman–Crippen MR) is 111 cm³/mol. The molecule has 6 heteroatoms. The van der Waals surface area contributed by atoms with Crippen LogP contribution in [0.1, 0.15) is 29.8 Å². The van der Waals surface area contributed by atoms with E-state index < -0.39 is 0 Å². The van der Waals surface area contributed by atoms with Crippen molar-refractivity contribution in [2.45, 2.75) is 20.4 Å². The lowest BCUT2D eigenvalue weighted by Crippen LogP contribution is -2.22. The molecule has 0 radical (unpaired) electrons. The van der Waals surface area contributed by atoms with E-state index in [9.17, 15) is 4.79 Å². The summed E-state index contributed by atoms with van der Waals surface area (Å²) in [6.07, 6.45) is 1.66. The summed E-state index contributed by atoms with van der Waals surface area (Å²) in [4.78, 5) is 16.6. The van der Waals surface area contributed by atoms with Crippen molar-refractivity contribution >= 4 is 5.91 Å². The standard InChI is InChI=1S/C23H24N2O4/c1-3-27-19-7-5-18(6-8-19)23(26)25-16-17-13-14-24-22(15-17)29-21-11-9-20(10-12-21)28-4-2/h5-15H,3-4,16H2,1-2H3,(H,25,26). The fourth-order valence-corrected chi connectivity index (χ4v) is 2.66. The number of amides is 1. The van der Waals surface area contributed by atoms with E-state index in [1.54, 1.807) is 36.5 Å². The van der Waals surface area contributed by atoms with E-state index in [-0.39, 0.29) is 5.91 Å². The molecule has 3 aromatic rings. The van der Waals surface area contributed by atoms with Crippen LogP contribution in [0.2, 0.25) is 0 Å². The Labute approximate surface area is 170 Å². The minimum Gasteiger partial charge on any atom is -0.494 e. The van der Waals surface area contributed by atoms with Gasteiger partial charge in [-0.3, -0.25) is 4.79 Å². The highest BCUT2D eigenvalue weighted by Gasteiger charge is 2.07. The summed E-state index contributed by atoms with van der Waals surface area (Å²) < 4.78 is 16.6. The molecule has 0 unspecified atom stereocenters. The zero-order valence-corrected chi connectivity index (χ0v) is 16.6. The Hall–Kier alpha value is -3.54. The van der Waals surface area contributed by atoms with Crippen molar-refractivity contribution in [2.24, 2.45) is 0 Å². The van der Waals surface area contributed by atoms with Crippen molar-refractivity contribution < 1.29 is 19.0 Å². The average Bonchev–Trinajstić information content (AvgIpc) is 2.75. The fourth-order valence-electron chi connectivity index (χ4n) is 2.66. The number of rotatable bonds is 9. The second kappa shape index (κ2) is 10.1. The second-order valence-electron chi connectivity index (χ2n) is 6.15. The van der Waals surface area contributed by atoms with Crippen molar-refractivity contribution in [2.75, 3.05) is 13.2 Å². The van der Waals surface area contributed by atoms with Gasteiger partial charge in [-0.25, -0.2) is 4.98 Å². The number of carbonyl (C=O) groups excluding carboxylic acids is 1. The van der Waals surface area contributed by atoms with Gasteiger partial charge in [0.25, 0.3) is 5.91 Å². The number of carbonyl (C=O) groups is 1. The summed E-state index contributed by atoms with van der Waals surface area (Å²) in [5, 5.41) is 2.90. The third-order valence-corrected chi connectivity index (χ3v) is 4.04. The Morgan fingerprint density at radius 1 is 0.862 bits per heavy atom.